The van der Waals surface area contributed by atoms with Crippen LogP contribution in [0.3, 0.4) is 0 Å². The minimum absolute atomic E-state index is 0.893. The first kappa shape index (κ1) is 13.9. The van der Waals surface area contributed by atoms with Crippen molar-refractivity contribution >= 4 is 25.3 Å². The fraction of sp³-hybridized carbons (Fsp3) is 0.100. The summed E-state index contributed by atoms with van der Waals surface area (Å²) in [7, 11) is 2.74. The van der Waals surface area contributed by atoms with Gasteiger partial charge in [0.2, 0.25) is 0 Å². The van der Waals surface area contributed by atoms with Gasteiger partial charge in [0.05, 0.1) is 0 Å². The van der Waals surface area contributed by atoms with Crippen molar-refractivity contribution in [2.24, 2.45) is 0 Å². The number of benzene rings is 3. The Morgan fingerprint density at radius 1 is 0.810 bits per heavy atom. The Balaban J connectivity index is 1.98. The summed E-state index contributed by atoms with van der Waals surface area (Å²) in [4.78, 5) is 0. The fourth-order valence-corrected chi connectivity index (χ4v) is 2.66. The molecule has 102 valence electrons. The van der Waals surface area contributed by atoms with Gasteiger partial charge in [-0.15, -0.1) is 9.24 Å². The minimum atomic E-state index is 0.893. The second-order valence-electron chi connectivity index (χ2n) is 5.05. The van der Waals surface area contributed by atoms with Crippen molar-refractivity contribution in [3.05, 3.63) is 66.2 Å². The molecule has 0 fully saturated rings. The first-order chi connectivity index (χ1) is 10.3. The van der Waals surface area contributed by atoms with Gasteiger partial charge in [0.15, 0.2) is 0 Å². The zero-order valence-corrected chi connectivity index (χ0v) is 13.2. The molecule has 0 aliphatic heterocycles. The van der Waals surface area contributed by atoms with Crippen molar-refractivity contribution < 1.29 is 0 Å². The Kier molecular flexibility index (Phi) is 4.05. The summed E-state index contributed by atoms with van der Waals surface area (Å²) in [5.41, 5.74) is 3.55. The third-order valence-electron chi connectivity index (χ3n) is 3.49. The molecule has 0 amide bonds. The molecule has 3 aromatic rings. The molecule has 0 aromatic heterocycles. The molecular weight excluding hydrogens is 271 g/mol. The lowest BCUT2D eigenvalue weighted by Crippen LogP contribution is -1.88. The van der Waals surface area contributed by atoms with E-state index in [1.165, 1.54) is 27.2 Å². The van der Waals surface area contributed by atoms with Gasteiger partial charge in [0, 0.05) is 12.0 Å². The van der Waals surface area contributed by atoms with Gasteiger partial charge in [-0.25, -0.2) is 0 Å². The Morgan fingerprint density at radius 3 is 2.24 bits per heavy atom. The molecule has 0 bridgehead atoms. The van der Waals surface area contributed by atoms with E-state index in [4.69, 9.17) is 0 Å². The van der Waals surface area contributed by atoms with Crippen molar-refractivity contribution in [2.45, 2.75) is 13.3 Å². The second kappa shape index (κ2) is 6.13. The van der Waals surface area contributed by atoms with Crippen molar-refractivity contribution in [2.75, 3.05) is 0 Å². The van der Waals surface area contributed by atoms with E-state index in [1.54, 1.807) is 0 Å². The highest BCUT2D eigenvalue weighted by atomic mass is 31.0. The highest BCUT2D eigenvalue weighted by molar-refractivity contribution is 7.27. The van der Waals surface area contributed by atoms with E-state index in [9.17, 15) is 0 Å². The molecule has 0 radical (unpaired) electrons. The summed E-state index contributed by atoms with van der Waals surface area (Å²) in [5, 5.41) is 3.76. The topological polar surface area (TPSA) is 0 Å². The maximum Gasteiger partial charge on any atom is 0.0245 e. The molecule has 0 aliphatic carbocycles. The molecular formula is C20H17P. The van der Waals surface area contributed by atoms with Crippen LogP contribution in [-0.2, 0) is 0 Å². The molecule has 3 aromatic carbocycles. The summed E-state index contributed by atoms with van der Waals surface area (Å²) >= 11 is 0. The number of hydrogen-bond acceptors (Lipinski definition) is 0. The van der Waals surface area contributed by atoms with Gasteiger partial charge in [-0.1, -0.05) is 55.2 Å². The molecule has 0 nitrogen and oxygen atoms in total. The summed E-state index contributed by atoms with van der Waals surface area (Å²) in [6.45, 7) is 2.07. The highest BCUT2D eigenvalue weighted by Crippen LogP contribution is 2.24. The maximum absolute atomic E-state index is 3.16. The van der Waals surface area contributed by atoms with Crippen molar-refractivity contribution in [1.82, 2.24) is 0 Å². The van der Waals surface area contributed by atoms with E-state index in [0.717, 1.165) is 12.0 Å². The molecule has 3 rings (SSSR count). The predicted molar refractivity (Wildman–Crippen MR) is 95.9 cm³/mol. The van der Waals surface area contributed by atoms with Crippen LogP contribution in [0, 0.1) is 11.8 Å². The Hall–Kier alpha value is -2.09. The van der Waals surface area contributed by atoms with Crippen LogP contribution in [0.15, 0.2) is 60.7 Å². The standard InChI is InChI=1S/C20H17P/c1-2-3-4-15-5-7-16(8-6-15)17-9-10-19-14-20(21)12-11-18(19)13-17/h5-14H,2,21H2,1H3. The zero-order valence-electron chi connectivity index (χ0n) is 12.1. The molecule has 0 saturated heterocycles. The zero-order chi connectivity index (χ0) is 14.7. The normalized spacial score (nSPS) is 10.2. The Morgan fingerprint density at radius 2 is 1.48 bits per heavy atom. The minimum Gasteiger partial charge on any atom is -0.106 e. The molecule has 1 atom stereocenters. The average Bonchev–Trinajstić information content (AvgIpc) is 2.53. The first-order valence-corrected chi connectivity index (χ1v) is 7.72. The fourth-order valence-electron chi connectivity index (χ4n) is 2.38. The number of rotatable bonds is 1. The Labute approximate surface area is 128 Å². The molecule has 1 unspecified atom stereocenters. The van der Waals surface area contributed by atoms with Crippen molar-refractivity contribution in [3.8, 4) is 23.0 Å². The van der Waals surface area contributed by atoms with Gasteiger partial charge in [-0.05, 0) is 51.5 Å². The van der Waals surface area contributed by atoms with E-state index in [-0.39, 0.29) is 0 Å². The third kappa shape index (κ3) is 3.15. The lowest BCUT2D eigenvalue weighted by atomic mass is 10.0. The summed E-state index contributed by atoms with van der Waals surface area (Å²) in [5.74, 6) is 6.26. The lowest BCUT2D eigenvalue weighted by Gasteiger charge is -2.05. The number of fused-ring (bicyclic) bond motifs is 1. The van der Waals surface area contributed by atoms with E-state index < -0.39 is 0 Å². The quantitative estimate of drug-likeness (QED) is 0.447. The SMILES string of the molecule is CCC#Cc1ccc(-c2ccc3cc(P)ccc3c2)cc1. The molecule has 1 heteroatoms. The van der Waals surface area contributed by atoms with Gasteiger partial charge in [0.25, 0.3) is 0 Å². The lowest BCUT2D eigenvalue weighted by molar-refractivity contribution is 1.28. The van der Waals surface area contributed by atoms with Crippen LogP contribution in [-0.4, -0.2) is 0 Å². The molecule has 0 N–H and O–H groups in total. The maximum atomic E-state index is 3.16. The summed E-state index contributed by atoms with van der Waals surface area (Å²) in [6, 6.07) is 21.6. The van der Waals surface area contributed by atoms with Gasteiger partial charge in [0.1, 0.15) is 0 Å². The van der Waals surface area contributed by atoms with Crippen LogP contribution in [0.2, 0.25) is 0 Å². The van der Waals surface area contributed by atoms with E-state index >= 15 is 0 Å². The van der Waals surface area contributed by atoms with Crippen LogP contribution in [0.1, 0.15) is 18.9 Å². The Bertz CT molecular complexity index is 833. The van der Waals surface area contributed by atoms with E-state index in [0.29, 0.717) is 0 Å². The van der Waals surface area contributed by atoms with Crippen LogP contribution >= 0.6 is 9.24 Å². The van der Waals surface area contributed by atoms with Crippen LogP contribution in [0.5, 0.6) is 0 Å². The summed E-state index contributed by atoms with van der Waals surface area (Å²) < 4.78 is 0. The van der Waals surface area contributed by atoms with Crippen molar-refractivity contribution in [3.63, 3.8) is 0 Å². The average molecular weight is 288 g/mol. The van der Waals surface area contributed by atoms with Crippen LogP contribution < -0.4 is 5.30 Å². The molecule has 0 aliphatic rings. The van der Waals surface area contributed by atoms with Gasteiger partial charge < -0.3 is 0 Å². The highest BCUT2D eigenvalue weighted by Gasteiger charge is 2.00. The van der Waals surface area contributed by atoms with Gasteiger partial charge >= 0.3 is 0 Å². The third-order valence-corrected chi connectivity index (χ3v) is 3.85. The van der Waals surface area contributed by atoms with Crippen LogP contribution in [0.25, 0.3) is 21.9 Å². The molecule has 0 spiro atoms. The second-order valence-corrected chi connectivity index (χ2v) is 5.72. The largest absolute Gasteiger partial charge is 0.106 e. The molecule has 21 heavy (non-hydrogen) atoms. The van der Waals surface area contributed by atoms with Crippen LogP contribution in [0.4, 0.5) is 0 Å². The molecule has 0 saturated carbocycles. The monoisotopic (exact) mass is 288 g/mol. The van der Waals surface area contributed by atoms with E-state index in [1.807, 2.05) is 0 Å². The van der Waals surface area contributed by atoms with Gasteiger partial charge in [-0.3, -0.25) is 0 Å². The molecule has 0 heterocycles. The van der Waals surface area contributed by atoms with E-state index in [2.05, 4.69) is 88.7 Å². The van der Waals surface area contributed by atoms with Crippen molar-refractivity contribution in [1.29, 1.82) is 0 Å². The first-order valence-electron chi connectivity index (χ1n) is 7.15. The predicted octanol–water partition coefficient (Wildman–Crippen LogP) is 4.77. The number of hydrogen-bond donors (Lipinski definition) is 0. The summed E-state index contributed by atoms with van der Waals surface area (Å²) in [6.07, 6.45) is 0.893. The van der Waals surface area contributed by atoms with Gasteiger partial charge in [-0.2, -0.15) is 0 Å². The smallest absolute Gasteiger partial charge is 0.0245 e.